The van der Waals surface area contributed by atoms with Crippen molar-refractivity contribution in [2.45, 2.75) is 24.9 Å². The number of carbonyl (C=O) groups is 3. The molecule has 3 saturated heterocycles. The monoisotopic (exact) mass is 412 g/mol. The van der Waals surface area contributed by atoms with Crippen LogP contribution >= 0.6 is 11.6 Å². The molecule has 0 N–H and O–H groups in total. The van der Waals surface area contributed by atoms with Gasteiger partial charge >= 0.3 is 0 Å². The van der Waals surface area contributed by atoms with Crippen LogP contribution < -0.4 is 4.90 Å². The highest BCUT2D eigenvalue weighted by Gasteiger charge is 2.64. The number of hydrogen-bond donors (Lipinski definition) is 0. The molecule has 148 valence electrons. The van der Waals surface area contributed by atoms with Gasteiger partial charge in [-0.25, -0.2) is 9.29 Å². The zero-order valence-electron chi connectivity index (χ0n) is 15.4. The van der Waals surface area contributed by atoms with Gasteiger partial charge in [0.15, 0.2) is 5.78 Å². The summed E-state index contributed by atoms with van der Waals surface area (Å²) in [6.07, 6.45) is 1.66. The molecule has 0 aromatic heterocycles. The molecule has 3 heterocycles. The Bertz CT molecular complexity index is 1010. The van der Waals surface area contributed by atoms with Gasteiger partial charge in [0.2, 0.25) is 11.8 Å². The minimum absolute atomic E-state index is 0.122. The Morgan fingerprint density at radius 2 is 1.62 bits per heavy atom. The average Bonchev–Trinajstić information content (AvgIpc) is 3.35. The summed E-state index contributed by atoms with van der Waals surface area (Å²) in [6, 6.07) is 11.1. The molecule has 0 saturated carbocycles. The topological polar surface area (TPSA) is 57.7 Å². The number of rotatable bonds is 3. The fraction of sp³-hybridized carbons (Fsp3) is 0.318. The Hall–Kier alpha value is -2.57. The maximum Gasteiger partial charge on any atom is 0.239 e. The highest BCUT2D eigenvalue weighted by atomic mass is 35.5. The molecule has 3 aliphatic rings. The number of Topliss-reactive ketones (excluding diaryl/α,β-unsaturated/α-hetero) is 1. The predicted molar refractivity (Wildman–Crippen MR) is 105 cm³/mol. The third-order valence-electron chi connectivity index (χ3n) is 6.33. The standard InChI is InChI=1S/C22H18ClFN2O3/c23-13-5-3-12(4-6-13)20(27)19-18-17(16-2-1-11-25(16)19)21(28)26(22(18)29)15-9-7-14(24)8-10-15/h3-10,16-19H,1-2,11H2/t16-,17+,18-,19+/m1/s1. The van der Waals surface area contributed by atoms with Crippen molar-refractivity contribution in [2.75, 3.05) is 11.4 Å². The first-order valence-electron chi connectivity index (χ1n) is 9.66. The van der Waals surface area contributed by atoms with E-state index in [9.17, 15) is 18.8 Å². The molecule has 0 unspecified atom stereocenters. The van der Waals surface area contributed by atoms with Gasteiger partial charge in [0.25, 0.3) is 0 Å². The zero-order chi connectivity index (χ0) is 20.3. The average molecular weight is 413 g/mol. The van der Waals surface area contributed by atoms with E-state index in [4.69, 9.17) is 11.6 Å². The summed E-state index contributed by atoms with van der Waals surface area (Å²) in [5, 5.41) is 0.527. The molecule has 2 aromatic rings. The van der Waals surface area contributed by atoms with E-state index in [1.165, 1.54) is 24.3 Å². The first kappa shape index (κ1) is 18.5. The maximum absolute atomic E-state index is 13.4. The van der Waals surface area contributed by atoms with Crippen LogP contribution in [0.5, 0.6) is 0 Å². The van der Waals surface area contributed by atoms with Crippen molar-refractivity contribution in [1.29, 1.82) is 0 Å². The van der Waals surface area contributed by atoms with Crippen LogP contribution in [0.4, 0.5) is 10.1 Å². The van der Waals surface area contributed by atoms with Crippen LogP contribution in [0.2, 0.25) is 5.02 Å². The third kappa shape index (κ3) is 2.74. The molecule has 5 rings (SSSR count). The van der Waals surface area contributed by atoms with Gasteiger partial charge in [0.1, 0.15) is 5.82 Å². The van der Waals surface area contributed by atoms with Crippen molar-refractivity contribution in [2.24, 2.45) is 11.8 Å². The first-order valence-corrected chi connectivity index (χ1v) is 10.0. The van der Waals surface area contributed by atoms with Crippen LogP contribution in [0.25, 0.3) is 0 Å². The second-order valence-corrected chi connectivity index (χ2v) is 8.24. The van der Waals surface area contributed by atoms with Crippen molar-refractivity contribution >= 4 is 34.9 Å². The van der Waals surface area contributed by atoms with E-state index in [1.807, 2.05) is 4.90 Å². The number of benzene rings is 2. The third-order valence-corrected chi connectivity index (χ3v) is 6.59. The number of anilines is 1. The molecule has 2 aromatic carbocycles. The van der Waals surface area contributed by atoms with E-state index in [1.54, 1.807) is 24.3 Å². The Morgan fingerprint density at radius 1 is 0.966 bits per heavy atom. The van der Waals surface area contributed by atoms with Crippen LogP contribution in [0.1, 0.15) is 23.2 Å². The number of halogens is 2. The van der Waals surface area contributed by atoms with Crippen molar-refractivity contribution in [3.63, 3.8) is 0 Å². The maximum atomic E-state index is 13.4. The van der Waals surface area contributed by atoms with Gasteiger partial charge in [-0.15, -0.1) is 0 Å². The van der Waals surface area contributed by atoms with Crippen LogP contribution in [-0.4, -0.2) is 41.1 Å². The smallest absolute Gasteiger partial charge is 0.239 e. The number of fused-ring (bicyclic) bond motifs is 3. The number of imide groups is 1. The summed E-state index contributed by atoms with van der Waals surface area (Å²) >= 11 is 5.94. The van der Waals surface area contributed by atoms with E-state index in [0.29, 0.717) is 22.8 Å². The SMILES string of the molecule is O=C(c1ccc(Cl)cc1)[C@@H]1[C@@H]2C(=O)N(c3ccc(F)cc3)C(=O)[C@H]2[C@H]2CCCN21. The number of nitrogens with zero attached hydrogens (tertiary/aromatic N) is 2. The second-order valence-electron chi connectivity index (χ2n) is 7.80. The van der Waals surface area contributed by atoms with E-state index >= 15 is 0 Å². The lowest BCUT2D eigenvalue weighted by atomic mass is 9.85. The number of hydrogen-bond acceptors (Lipinski definition) is 4. The van der Waals surface area contributed by atoms with Crippen molar-refractivity contribution in [3.8, 4) is 0 Å². The molecule has 7 heteroatoms. The Balaban J connectivity index is 1.54. The molecular weight excluding hydrogens is 395 g/mol. The second kappa shape index (κ2) is 6.75. The highest BCUT2D eigenvalue weighted by molar-refractivity contribution is 6.30. The van der Waals surface area contributed by atoms with Crippen LogP contribution in [0.15, 0.2) is 48.5 Å². The molecule has 29 heavy (non-hydrogen) atoms. The molecular formula is C22H18ClFN2O3. The minimum atomic E-state index is -0.721. The van der Waals surface area contributed by atoms with E-state index in [0.717, 1.165) is 17.7 Å². The lowest BCUT2D eigenvalue weighted by Gasteiger charge is -2.27. The van der Waals surface area contributed by atoms with Gasteiger partial charge in [0, 0.05) is 16.6 Å². The number of carbonyl (C=O) groups excluding carboxylic acids is 3. The minimum Gasteiger partial charge on any atom is -0.292 e. The van der Waals surface area contributed by atoms with Crippen molar-refractivity contribution in [3.05, 3.63) is 64.9 Å². The van der Waals surface area contributed by atoms with Gasteiger partial charge in [-0.1, -0.05) is 11.6 Å². The summed E-state index contributed by atoms with van der Waals surface area (Å²) in [4.78, 5) is 43.1. The Morgan fingerprint density at radius 3 is 2.31 bits per heavy atom. The molecule has 4 atom stereocenters. The van der Waals surface area contributed by atoms with Crippen LogP contribution in [-0.2, 0) is 9.59 Å². The highest BCUT2D eigenvalue weighted by Crippen LogP contribution is 2.48. The van der Waals surface area contributed by atoms with Crippen molar-refractivity contribution < 1.29 is 18.8 Å². The summed E-state index contributed by atoms with van der Waals surface area (Å²) in [5.41, 5.74) is 0.823. The molecule has 3 fully saturated rings. The van der Waals surface area contributed by atoms with Gasteiger partial charge in [0.05, 0.1) is 23.6 Å². The summed E-state index contributed by atoms with van der Waals surface area (Å²) < 4.78 is 13.3. The summed E-state index contributed by atoms with van der Waals surface area (Å²) in [6.45, 7) is 0.693. The van der Waals surface area contributed by atoms with Crippen LogP contribution in [0, 0.1) is 17.7 Å². The van der Waals surface area contributed by atoms with Gasteiger partial charge < -0.3 is 0 Å². The quantitative estimate of drug-likeness (QED) is 0.573. The number of amides is 2. The summed E-state index contributed by atoms with van der Waals surface area (Å²) in [5.74, 6) is -2.55. The fourth-order valence-corrected chi connectivity index (χ4v) is 5.27. The van der Waals surface area contributed by atoms with Gasteiger partial charge in [-0.05, 0) is 67.9 Å². The zero-order valence-corrected chi connectivity index (χ0v) is 16.2. The number of ketones is 1. The lowest BCUT2D eigenvalue weighted by molar-refractivity contribution is -0.123. The van der Waals surface area contributed by atoms with E-state index in [2.05, 4.69) is 0 Å². The lowest BCUT2D eigenvalue weighted by Crippen LogP contribution is -2.46. The molecule has 0 spiro atoms. The Kier molecular flexibility index (Phi) is 4.29. The predicted octanol–water partition coefficient (Wildman–Crippen LogP) is 3.31. The normalized spacial score (nSPS) is 28.7. The van der Waals surface area contributed by atoms with Crippen LogP contribution in [0.3, 0.4) is 0 Å². The van der Waals surface area contributed by atoms with Gasteiger partial charge in [-0.3, -0.25) is 19.3 Å². The largest absolute Gasteiger partial charge is 0.292 e. The van der Waals surface area contributed by atoms with Gasteiger partial charge in [-0.2, -0.15) is 0 Å². The summed E-state index contributed by atoms with van der Waals surface area (Å²) in [7, 11) is 0. The molecule has 2 amide bonds. The van der Waals surface area contributed by atoms with E-state index in [-0.39, 0.29) is 23.6 Å². The fourth-order valence-electron chi connectivity index (χ4n) is 5.14. The van der Waals surface area contributed by atoms with Crippen molar-refractivity contribution in [1.82, 2.24) is 4.90 Å². The first-order chi connectivity index (χ1) is 14.0. The molecule has 5 nitrogen and oxygen atoms in total. The Labute approximate surface area is 172 Å². The molecule has 0 aliphatic carbocycles. The molecule has 0 radical (unpaired) electrons. The molecule has 3 aliphatic heterocycles. The van der Waals surface area contributed by atoms with E-state index < -0.39 is 23.7 Å². The molecule has 0 bridgehead atoms.